The molecule has 0 aliphatic rings. The summed E-state index contributed by atoms with van der Waals surface area (Å²) < 4.78 is 0. The molecule has 0 aliphatic carbocycles. The average Bonchev–Trinajstić information content (AvgIpc) is 2.91. The minimum atomic E-state index is -1.24. The van der Waals surface area contributed by atoms with Crippen LogP contribution in [-0.2, 0) is 32.0 Å². The monoisotopic (exact) mass is 555 g/mol. The van der Waals surface area contributed by atoms with Crippen LogP contribution in [0.4, 0.5) is 0 Å². The molecule has 216 valence electrons. The number of guanidine groups is 1. The van der Waals surface area contributed by atoms with E-state index in [-0.39, 0.29) is 37.5 Å². The Morgan fingerprint density at radius 3 is 2.02 bits per heavy atom. The van der Waals surface area contributed by atoms with Gasteiger partial charge in [-0.2, -0.15) is 0 Å². The Morgan fingerprint density at radius 1 is 0.825 bits per heavy atom. The Balaban J connectivity index is 2.05. The summed E-state index contributed by atoms with van der Waals surface area (Å²) in [7, 11) is 0. The third kappa shape index (κ3) is 11.0. The highest BCUT2D eigenvalue weighted by atomic mass is 16.4. The van der Waals surface area contributed by atoms with Crippen molar-refractivity contribution < 1.29 is 29.4 Å². The lowest BCUT2D eigenvalue weighted by Crippen LogP contribution is -2.57. The fourth-order valence-electron chi connectivity index (χ4n) is 3.75. The highest BCUT2D eigenvalue weighted by molar-refractivity contribution is 5.94. The molecular weight excluding hydrogens is 518 g/mol. The maximum Gasteiger partial charge on any atom is 0.326 e. The second-order valence-electron chi connectivity index (χ2n) is 9.31. The quantitative estimate of drug-likeness (QED) is 0.0772. The molecule has 0 saturated carbocycles. The lowest BCUT2D eigenvalue weighted by atomic mass is 10.0. The highest BCUT2D eigenvalue weighted by Crippen LogP contribution is 2.11. The van der Waals surface area contributed by atoms with Crippen LogP contribution < -0.4 is 33.2 Å². The van der Waals surface area contributed by atoms with E-state index < -0.39 is 47.9 Å². The number of carbonyl (C=O) groups is 4. The summed E-state index contributed by atoms with van der Waals surface area (Å²) in [5.41, 5.74) is 18.0. The van der Waals surface area contributed by atoms with Crippen LogP contribution in [0.15, 0.2) is 59.6 Å². The first-order chi connectivity index (χ1) is 19.0. The van der Waals surface area contributed by atoms with E-state index in [0.29, 0.717) is 6.42 Å². The van der Waals surface area contributed by atoms with Crippen molar-refractivity contribution in [3.63, 3.8) is 0 Å². The van der Waals surface area contributed by atoms with Crippen molar-refractivity contribution in [1.82, 2.24) is 16.0 Å². The van der Waals surface area contributed by atoms with Crippen molar-refractivity contribution in [1.29, 1.82) is 0 Å². The zero-order valence-corrected chi connectivity index (χ0v) is 22.2. The first-order valence-corrected chi connectivity index (χ1v) is 12.7. The fraction of sp³-hybridized carbons (Fsp3) is 0.370. The number of aliphatic imine (C=N–C) groups is 1. The molecule has 0 bridgehead atoms. The standard InChI is InChI=1S/C27H37N7O6/c1-16(32-24(37)20(28)14-18-9-11-19(35)12-10-18)23(36)34-22(15-17-6-3-2-4-7-17)25(38)33-21(26(39)40)8-5-13-31-27(29)30/h2-4,6-7,9-12,16,20-22,35H,5,8,13-15,28H2,1H3,(H,32,37)(H,33,38)(H,34,36)(H,39,40)(H4,29,30,31). The van der Waals surface area contributed by atoms with E-state index in [2.05, 4.69) is 20.9 Å². The van der Waals surface area contributed by atoms with Gasteiger partial charge in [0.1, 0.15) is 23.9 Å². The van der Waals surface area contributed by atoms with Crippen LogP contribution >= 0.6 is 0 Å². The number of phenolic OH excluding ortho intramolecular Hbond substituents is 1. The summed E-state index contributed by atoms with van der Waals surface area (Å²) in [4.78, 5) is 54.2. The Kier molecular flexibility index (Phi) is 12.4. The summed E-state index contributed by atoms with van der Waals surface area (Å²) in [6, 6.07) is 10.8. The first kappa shape index (κ1) is 31.6. The fourth-order valence-corrected chi connectivity index (χ4v) is 3.75. The van der Waals surface area contributed by atoms with Crippen molar-refractivity contribution >= 4 is 29.7 Å². The minimum absolute atomic E-state index is 0.0647. The number of nitrogens with one attached hydrogen (secondary N) is 3. The molecular formula is C27H37N7O6. The molecule has 11 N–H and O–H groups in total. The second kappa shape index (κ2) is 15.7. The number of aliphatic carboxylic acids is 1. The largest absolute Gasteiger partial charge is 0.508 e. The lowest BCUT2D eigenvalue weighted by molar-refractivity contribution is -0.142. The number of aromatic hydroxyl groups is 1. The van der Waals surface area contributed by atoms with Gasteiger partial charge in [0, 0.05) is 13.0 Å². The van der Waals surface area contributed by atoms with Crippen LogP contribution in [0, 0.1) is 0 Å². The van der Waals surface area contributed by atoms with Gasteiger partial charge in [-0.3, -0.25) is 19.4 Å². The van der Waals surface area contributed by atoms with Gasteiger partial charge in [-0.15, -0.1) is 0 Å². The van der Waals surface area contributed by atoms with Crippen molar-refractivity contribution in [3.8, 4) is 5.75 Å². The van der Waals surface area contributed by atoms with E-state index in [1.165, 1.54) is 19.1 Å². The van der Waals surface area contributed by atoms with Crippen LogP contribution in [0.25, 0.3) is 0 Å². The van der Waals surface area contributed by atoms with Gasteiger partial charge in [0.25, 0.3) is 0 Å². The Labute approximate surface area is 232 Å². The minimum Gasteiger partial charge on any atom is -0.508 e. The number of rotatable bonds is 15. The van der Waals surface area contributed by atoms with E-state index in [9.17, 15) is 29.4 Å². The zero-order chi connectivity index (χ0) is 29.7. The number of carbonyl (C=O) groups excluding carboxylic acids is 3. The van der Waals surface area contributed by atoms with Gasteiger partial charge < -0.3 is 43.4 Å². The van der Waals surface area contributed by atoms with Gasteiger partial charge in [0.15, 0.2) is 5.96 Å². The Bertz CT molecular complexity index is 1170. The predicted octanol–water partition coefficient (Wildman–Crippen LogP) is -0.883. The molecule has 2 aromatic rings. The topological polar surface area (TPSA) is 235 Å². The maximum absolute atomic E-state index is 13.1. The Hall–Kier alpha value is -4.65. The molecule has 0 aromatic heterocycles. The molecule has 2 aromatic carbocycles. The molecule has 2 rings (SSSR count). The molecule has 4 atom stereocenters. The molecule has 0 saturated heterocycles. The molecule has 0 radical (unpaired) electrons. The van der Waals surface area contributed by atoms with Crippen LogP contribution in [0.3, 0.4) is 0 Å². The van der Waals surface area contributed by atoms with E-state index in [1.54, 1.807) is 42.5 Å². The lowest BCUT2D eigenvalue weighted by Gasteiger charge is -2.24. The van der Waals surface area contributed by atoms with Crippen LogP contribution in [0.5, 0.6) is 5.75 Å². The number of nitrogens with two attached hydrogens (primary N) is 3. The number of carboxylic acids is 1. The van der Waals surface area contributed by atoms with E-state index in [1.807, 2.05) is 0 Å². The second-order valence-corrected chi connectivity index (χ2v) is 9.31. The van der Waals surface area contributed by atoms with Gasteiger partial charge in [0.2, 0.25) is 17.7 Å². The number of amides is 3. The molecule has 40 heavy (non-hydrogen) atoms. The molecule has 4 unspecified atom stereocenters. The van der Waals surface area contributed by atoms with E-state index in [4.69, 9.17) is 17.2 Å². The molecule has 13 nitrogen and oxygen atoms in total. The van der Waals surface area contributed by atoms with Gasteiger partial charge in [-0.1, -0.05) is 42.5 Å². The highest BCUT2D eigenvalue weighted by Gasteiger charge is 2.29. The van der Waals surface area contributed by atoms with E-state index >= 15 is 0 Å². The Morgan fingerprint density at radius 2 is 1.43 bits per heavy atom. The zero-order valence-electron chi connectivity index (χ0n) is 22.2. The molecule has 3 amide bonds. The van der Waals surface area contributed by atoms with E-state index in [0.717, 1.165) is 11.1 Å². The summed E-state index contributed by atoms with van der Waals surface area (Å²) in [5.74, 6) is -3.21. The number of hydrogen-bond donors (Lipinski definition) is 8. The normalized spacial score (nSPS) is 13.7. The smallest absolute Gasteiger partial charge is 0.326 e. The number of phenols is 1. The van der Waals surface area contributed by atoms with Crippen molar-refractivity contribution in [2.75, 3.05) is 6.54 Å². The summed E-state index contributed by atoms with van der Waals surface area (Å²) >= 11 is 0. The van der Waals surface area contributed by atoms with Gasteiger partial charge in [-0.05, 0) is 49.4 Å². The van der Waals surface area contributed by atoms with Gasteiger partial charge in [0.05, 0.1) is 6.04 Å². The average molecular weight is 556 g/mol. The number of carboxylic acid groups (broad SMARTS) is 1. The molecule has 0 aliphatic heterocycles. The number of benzene rings is 2. The molecule has 0 heterocycles. The van der Waals surface area contributed by atoms with Gasteiger partial charge >= 0.3 is 5.97 Å². The van der Waals surface area contributed by atoms with Crippen LogP contribution in [0.1, 0.15) is 30.9 Å². The third-order valence-electron chi connectivity index (χ3n) is 5.96. The molecule has 0 spiro atoms. The summed E-state index contributed by atoms with van der Waals surface area (Å²) in [6.07, 6.45) is 0.632. The summed E-state index contributed by atoms with van der Waals surface area (Å²) in [5, 5.41) is 26.6. The molecule has 13 heteroatoms. The first-order valence-electron chi connectivity index (χ1n) is 12.7. The third-order valence-corrected chi connectivity index (χ3v) is 5.96. The van der Waals surface area contributed by atoms with Crippen molar-refractivity contribution in [3.05, 3.63) is 65.7 Å². The molecule has 0 fully saturated rings. The van der Waals surface area contributed by atoms with Crippen molar-refractivity contribution in [2.45, 2.75) is 56.8 Å². The van der Waals surface area contributed by atoms with Crippen molar-refractivity contribution in [2.24, 2.45) is 22.2 Å². The number of hydrogen-bond acceptors (Lipinski definition) is 7. The number of nitrogens with zero attached hydrogens (tertiary/aromatic N) is 1. The van der Waals surface area contributed by atoms with Crippen LogP contribution in [-0.4, -0.2) is 70.6 Å². The SMILES string of the molecule is CC(NC(=O)C(N)Cc1ccc(O)cc1)C(=O)NC(Cc1ccccc1)C(=O)NC(CCCN=C(N)N)C(=O)O. The predicted molar refractivity (Wildman–Crippen MR) is 149 cm³/mol. The summed E-state index contributed by atoms with van der Waals surface area (Å²) in [6.45, 7) is 1.64. The van der Waals surface area contributed by atoms with Gasteiger partial charge in [-0.25, -0.2) is 4.79 Å². The van der Waals surface area contributed by atoms with Crippen LogP contribution in [0.2, 0.25) is 0 Å². The maximum atomic E-state index is 13.1.